The van der Waals surface area contributed by atoms with Gasteiger partial charge in [0.05, 0.1) is 0 Å². The van der Waals surface area contributed by atoms with E-state index in [0.29, 0.717) is 31.6 Å². The van der Waals surface area contributed by atoms with Crippen LogP contribution in [0.4, 0.5) is 0 Å². The zero-order valence-corrected chi connectivity index (χ0v) is 11.0. The fraction of sp³-hybridized carbons (Fsp3) is 0.727. The number of hydrogen-bond donors (Lipinski definition) is 2. The molecule has 100 valence electrons. The Morgan fingerprint density at radius 3 is 2.72 bits per heavy atom. The summed E-state index contributed by atoms with van der Waals surface area (Å²) in [6.07, 6.45) is 1.32. The maximum absolute atomic E-state index is 12.3. The van der Waals surface area contributed by atoms with Crippen LogP contribution >= 0.6 is 12.6 Å². The topological polar surface area (TPSA) is 77.9 Å². The Bertz CT molecular complexity index is 414. The molecule has 2 fully saturated rings. The van der Waals surface area contributed by atoms with Gasteiger partial charge in [0, 0.05) is 6.54 Å². The van der Waals surface area contributed by atoms with E-state index in [2.05, 4.69) is 12.6 Å². The normalized spacial score (nSPS) is 31.8. The van der Waals surface area contributed by atoms with Crippen molar-refractivity contribution >= 4 is 30.4 Å². The second-order valence-corrected chi connectivity index (χ2v) is 5.33. The summed E-state index contributed by atoms with van der Waals surface area (Å²) in [6, 6.07) is -0.919. The third-order valence-electron chi connectivity index (χ3n) is 3.69. The van der Waals surface area contributed by atoms with Gasteiger partial charge >= 0.3 is 5.97 Å². The van der Waals surface area contributed by atoms with Gasteiger partial charge in [-0.1, -0.05) is 0 Å². The van der Waals surface area contributed by atoms with Crippen molar-refractivity contribution in [1.82, 2.24) is 10.0 Å². The minimum Gasteiger partial charge on any atom is -0.480 e. The van der Waals surface area contributed by atoms with Crippen LogP contribution in [0.25, 0.3) is 0 Å². The zero-order valence-electron chi connectivity index (χ0n) is 10.1. The third kappa shape index (κ3) is 1.68. The van der Waals surface area contributed by atoms with E-state index in [9.17, 15) is 14.4 Å². The molecule has 0 bridgehead atoms. The molecular formula is C11H16N2O4S. The largest absolute Gasteiger partial charge is 0.480 e. The number of carbonyl (C=O) groups excluding carboxylic acids is 2. The van der Waals surface area contributed by atoms with E-state index < -0.39 is 23.3 Å². The molecule has 0 radical (unpaired) electrons. The van der Waals surface area contributed by atoms with E-state index >= 15 is 0 Å². The molecule has 2 amide bonds. The number of hydrazine groups is 1. The number of carboxylic acid groups (broad SMARTS) is 1. The van der Waals surface area contributed by atoms with E-state index in [0.717, 1.165) is 5.01 Å². The Labute approximate surface area is 110 Å². The first kappa shape index (κ1) is 13.2. The number of hydrogen-bond acceptors (Lipinski definition) is 4. The number of nitrogens with zero attached hydrogens (tertiary/aromatic N) is 2. The average molecular weight is 272 g/mol. The molecule has 1 N–H and O–H groups in total. The van der Waals surface area contributed by atoms with Crippen LogP contribution in [0.3, 0.4) is 0 Å². The van der Waals surface area contributed by atoms with Crippen LogP contribution in [0.5, 0.6) is 0 Å². The molecule has 0 aromatic heterocycles. The summed E-state index contributed by atoms with van der Waals surface area (Å²) in [5.74, 6) is -1.36. The first-order chi connectivity index (χ1) is 8.43. The van der Waals surface area contributed by atoms with Crippen molar-refractivity contribution in [2.45, 2.75) is 32.2 Å². The van der Waals surface area contributed by atoms with Gasteiger partial charge in [-0.2, -0.15) is 12.6 Å². The van der Waals surface area contributed by atoms with Crippen LogP contribution < -0.4 is 0 Å². The van der Waals surface area contributed by atoms with E-state index in [1.54, 1.807) is 6.92 Å². The van der Waals surface area contributed by atoms with E-state index in [-0.39, 0.29) is 5.91 Å². The second-order valence-electron chi connectivity index (χ2n) is 4.88. The maximum Gasteiger partial charge on any atom is 0.328 e. The predicted molar refractivity (Wildman–Crippen MR) is 65.8 cm³/mol. The standard InChI is InChI=1S/C11H16N2O4S/c1-11(4-6-18)9(16)12-5-2-3-7(8(14)15)13(12)10(11)17/h7,18H,2-6H2,1H3,(H,14,15). The summed E-state index contributed by atoms with van der Waals surface area (Å²) in [5, 5.41) is 11.6. The van der Waals surface area contributed by atoms with Gasteiger partial charge in [-0.05, 0) is 31.9 Å². The lowest BCUT2D eigenvalue weighted by Gasteiger charge is -2.36. The first-order valence-corrected chi connectivity index (χ1v) is 6.56. The molecule has 2 aliphatic heterocycles. The highest BCUT2D eigenvalue weighted by molar-refractivity contribution is 7.80. The van der Waals surface area contributed by atoms with Crippen molar-refractivity contribution in [2.24, 2.45) is 5.41 Å². The second kappa shape index (κ2) is 4.46. The summed E-state index contributed by atoms with van der Waals surface area (Å²) in [7, 11) is 0. The number of fused-ring (bicyclic) bond motifs is 1. The Morgan fingerprint density at radius 2 is 2.17 bits per heavy atom. The highest BCUT2D eigenvalue weighted by Gasteiger charge is 2.58. The van der Waals surface area contributed by atoms with Gasteiger partial charge in [0.15, 0.2) is 6.04 Å². The van der Waals surface area contributed by atoms with Gasteiger partial charge in [0.25, 0.3) is 11.8 Å². The van der Waals surface area contributed by atoms with Gasteiger partial charge in [0.1, 0.15) is 5.41 Å². The van der Waals surface area contributed by atoms with E-state index in [1.807, 2.05) is 0 Å². The number of carbonyl (C=O) groups is 3. The molecular weight excluding hydrogens is 256 g/mol. The molecule has 2 saturated heterocycles. The molecule has 0 aliphatic carbocycles. The smallest absolute Gasteiger partial charge is 0.328 e. The number of aliphatic carboxylic acids is 1. The van der Waals surface area contributed by atoms with Gasteiger partial charge in [-0.25, -0.2) is 14.8 Å². The summed E-state index contributed by atoms with van der Waals surface area (Å²) >= 11 is 4.07. The Morgan fingerprint density at radius 1 is 1.50 bits per heavy atom. The van der Waals surface area contributed by atoms with Crippen molar-refractivity contribution in [2.75, 3.05) is 12.3 Å². The van der Waals surface area contributed by atoms with Gasteiger partial charge in [-0.3, -0.25) is 9.59 Å². The number of thiol groups is 1. The van der Waals surface area contributed by atoms with Crippen molar-refractivity contribution in [3.05, 3.63) is 0 Å². The minimum absolute atomic E-state index is 0.299. The van der Waals surface area contributed by atoms with Crippen LogP contribution in [-0.2, 0) is 14.4 Å². The number of amides is 2. The van der Waals surface area contributed by atoms with Crippen LogP contribution in [0.2, 0.25) is 0 Å². The fourth-order valence-electron chi connectivity index (χ4n) is 2.58. The molecule has 2 heterocycles. The fourth-order valence-corrected chi connectivity index (χ4v) is 3.03. The van der Waals surface area contributed by atoms with Gasteiger partial charge in [-0.15, -0.1) is 0 Å². The Kier molecular flexibility index (Phi) is 3.27. The zero-order chi connectivity index (χ0) is 13.5. The molecule has 0 saturated carbocycles. The SMILES string of the molecule is CC1(CCS)C(=O)N2CCCC(C(=O)O)N2C1=O. The highest BCUT2D eigenvalue weighted by Crippen LogP contribution is 2.39. The quantitative estimate of drug-likeness (QED) is 0.566. The lowest BCUT2D eigenvalue weighted by atomic mass is 9.86. The summed E-state index contributed by atoms with van der Waals surface area (Å²) in [5.41, 5.74) is -1.15. The number of carboxylic acids is 1. The summed E-state index contributed by atoms with van der Waals surface area (Å²) in [6.45, 7) is 1.99. The lowest BCUT2D eigenvalue weighted by molar-refractivity contribution is -0.169. The summed E-state index contributed by atoms with van der Waals surface area (Å²) < 4.78 is 0. The van der Waals surface area contributed by atoms with Crippen molar-refractivity contribution < 1.29 is 19.5 Å². The molecule has 2 aliphatic rings. The number of rotatable bonds is 3. The molecule has 18 heavy (non-hydrogen) atoms. The van der Waals surface area contributed by atoms with E-state index in [4.69, 9.17) is 5.11 Å². The summed E-state index contributed by atoms with van der Waals surface area (Å²) in [4.78, 5) is 35.8. The Balaban J connectivity index is 2.37. The molecule has 7 heteroatoms. The average Bonchev–Trinajstić information content (AvgIpc) is 2.52. The molecule has 2 rings (SSSR count). The van der Waals surface area contributed by atoms with Gasteiger partial charge < -0.3 is 5.11 Å². The maximum atomic E-state index is 12.3. The van der Waals surface area contributed by atoms with Crippen LogP contribution in [-0.4, -0.2) is 51.2 Å². The van der Waals surface area contributed by atoms with Crippen LogP contribution in [0.15, 0.2) is 0 Å². The third-order valence-corrected chi connectivity index (χ3v) is 3.91. The minimum atomic E-state index is -1.15. The predicted octanol–water partition coefficient (Wildman–Crippen LogP) is 0.145. The Hall–Kier alpha value is -1.24. The van der Waals surface area contributed by atoms with Crippen molar-refractivity contribution in [3.63, 3.8) is 0 Å². The molecule has 6 nitrogen and oxygen atoms in total. The van der Waals surface area contributed by atoms with Crippen LogP contribution in [0.1, 0.15) is 26.2 Å². The van der Waals surface area contributed by atoms with Crippen molar-refractivity contribution in [1.29, 1.82) is 0 Å². The molecule has 0 aromatic carbocycles. The van der Waals surface area contributed by atoms with E-state index in [1.165, 1.54) is 5.01 Å². The van der Waals surface area contributed by atoms with Crippen molar-refractivity contribution in [3.8, 4) is 0 Å². The molecule has 0 spiro atoms. The molecule has 2 unspecified atom stereocenters. The molecule has 0 aromatic rings. The monoisotopic (exact) mass is 272 g/mol. The highest BCUT2D eigenvalue weighted by atomic mass is 32.1. The molecule has 2 atom stereocenters. The lowest BCUT2D eigenvalue weighted by Crippen LogP contribution is -2.54. The van der Waals surface area contributed by atoms with Crippen LogP contribution in [0, 0.1) is 5.41 Å². The van der Waals surface area contributed by atoms with Gasteiger partial charge in [0.2, 0.25) is 0 Å². The first-order valence-electron chi connectivity index (χ1n) is 5.92.